The maximum atomic E-state index is 11.8. The van der Waals surface area contributed by atoms with Crippen molar-refractivity contribution in [1.29, 1.82) is 0 Å². The van der Waals surface area contributed by atoms with Crippen molar-refractivity contribution in [2.24, 2.45) is 46.3 Å². The molecule has 190 valence electrons. The Labute approximate surface area is 210 Å². The molecule has 4 fully saturated rings. The van der Waals surface area contributed by atoms with Crippen molar-refractivity contribution < 1.29 is 10.2 Å². The van der Waals surface area contributed by atoms with Gasteiger partial charge in [0, 0.05) is 12.6 Å². The molecule has 2 aromatic heterocycles. The van der Waals surface area contributed by atoms with E-state index in [-0.39, 0.29) is 17.6 Å². The number of nitrogens with zero attached hydrogens (tertiary/aromatic N) is 3. The number of pyridine rings is 1. The third-order valence-corrected chi connectivity index (χ3v) is 11.7. The highest BCUT2D eigenvalue weighted by Crippen LogP contribution is 2.68. The van der Waals surface area contributed by atoms with Gasteiger partial charge in [0.1, 0.15) is 11.3 Å². The number of hydrogen-bond acceptors (Lipinski definition) is 5. The van der Waals surface area contributed by atoms with Gasteiger partial charge in [-0.3, -0.25) is 4.98 Å². The molecule has 4 saturated carbocycles. The molecule has 2 aromatic rings. The second-order valence-corrected chi connectivity index (χ2v) is 13.1. The van der Waals surface area contributed by atoms with Gasteiger partial charge in [-0.1, -0.05) is 20.8 Å². The normalized spacial score (nSPS) is 43.9. The van der Waals surface area contributed by atoms with E-state index >= 15 is 0 Å². The summed E-state index contributed by atoms with van der Waals surface area (Å²) in [6, 6.07) is 3.94. The van der Waals surface area contributed by atoms with Crippen LogP contribution in [0.2, 0.25) is 0 Å². The molecule has 0 amide bonds. The standard InChI is InChI=1S/C30H43N3O2/c1-18(6-11-28-32-17-26-25(33-28)5-4-14-31-26)22-9-10-23-21-8-7-19-15-20(34)12-13-29(19,2)24(21)16-27(35)30(22,23)3/h4-5,14,17-24,27,34-35H,6-13,15-16H2,1-3H3/t18-,19-,20-,21+,22-,23+,24?,27+,29+,30-/m1/s1. The Hall–Kier alpha value is -1.59. The largest absolute Gasteiger partial charge is 0.393 e. The van der Waals surface area contributed by atoms with Gasteiger partial charge in [0.25, 0.3) is 0 Å². The van der Waals surface area contributed by atoms with Crippen molar-refractivity contribution in [1.82, 2.24) is 15.0 Å². The van der Waals surface area contributed by atoms with Crippen LogP contribution in [0.3, 0.4) is 0 Å². The van der Waals surface area contributed by atoms with E-state index in [4.69, 9.17) is 4.98 Å². The van der Waals surface area contributed by atoms with E-state index in [2.05, 4.69) is 30.7 Å². The van der Waals surface area contributed by atoms with E-state index < -0.39 is 0 Å². The van der Waals surface area contributed by atoms with Crippen LogP contribution in [-0.4, -0.2) is 37.4 Å². The summed E-state index contributed by atoms with van der Waals surface area (Å²) in [6.45, 7) is 7.34. The lowest BCUT2D eigenvalue weighted by atomic mass is 9.43. The van der Waals surface area contributed by atoms with Crippen molar-refractivity contribution in [3.63, 3.8) is 0 Å². The molecular weight excluding hydrogens is 434 g/mol. The van der Waals surface area contributed by atoms with Gasteiger partial charge in [0.2, 0.25) is 0 Å². The number of aliphatic hydroxyl groups is 2. The van der Waals surface area contributed by atoms with Gasteiger partial charge < -0.3 is 10.2 Å². The van der Waals surface area contributed by atoms with Crippen LogP contribution >= 0.6 is 0 Å². The highest BCUT2D eigenvalue weighted by molar-refractivity contribution is 5.72. The second-order valence-electron chi connectivity index (χ2n) is 13.1. The zero-order valence-corrected chi connectivity index (χ0v) is 21.7. The molecule has 2 N–H and O–H groups in total. The lowest BCUT2D eigenvalue weighted by Gasteiger charge is -2.62. The van der Waals surface area contributed by atoms with Crippen LogP contribution in [0.25, 0.3) is 11.0 Å². The van der Waals surface area contributed by atoms with Crippen molar-refractivity contribution in [2.45, 2.75) is 97.2 Å². The third kappa shape index (κ3) is 3.75. The average molecular weight is 478 g/mol. The summed E-state index contributed by atoms with van der Waals surface area (Å²) in [7, 11) is 0. The first-order valence-corrected chi connectivity index (χ1v) is 14.2. The summed E-state index contributed by atoms with van der Waals surface area (Å²) in [5.41, 5.74) is 2.10. The van der Waals surface area contributed by atoms with Crippen LogP contribution in [0, 0.1) is 46.3 Å². The highest BCUT2D eigenvalue weighted by atomic mass is 16.3. The molecule has 0 bridgehead atoms. The van der Waals surface area contributed by atoms with E-state index in [1.165, 1.54) is 25.7 Å². The van der Waals surface area contributed by atoms with E-state index in [0.717, 1.165) is 61.3 Å². The zero-order valence-electron chi connectivity index (χ0n) is 21.7. The van der Waals surface area contributed by atoms with Crippen molar-refractivity contribution in [3.05, 3.63) is 30.4 Å². The van der Waals surface area contributed by atoms with Crippen LogP contribution in [0.15, 0.2) is 24.5 Å². The van der Waals surface area contributed by atoms with Gasteiger partial charge in [0.05, 0.1) is 23.9 Å². The molecule has 4 aliphatic rings. The summed E-state index contributed by atoms with van der Waals surface area (Å²) >= 11 is 0. The number of fused-ring (bicyclic) bond motifs is 6. The minimum Gasteiger partial charge on any atom is -0.393 e. The summed E-state index contributed by atoms with van der Waals surface area (Å²) < 4.78 is 0. The fourth-order valence-corrected chi connectivity index (χ4v) is 9.75. The van der Waals surface area contributed by atoms with Crippen LogP contribution in [0.4, 0.5) is 0 Å². The quantitative estimate of drug-likeness (QED) is 0.601. The van der Waals surface area contributed by atoms with Gasteiger partial charge in [-0.2, -0.15) is 0 Å². The molecule has 10 atom stereocenters. The predicted molar refractivity (Wildman–Crippen MR) is 137 cm³/mol. The Bertz CT molecular complexity index is 1080. The van der Waals surface area contributed by atoms with Gasteiger partial charge in [-0.15, -0.1) is 0 Å². The Morgan fingerprint density at radius 2 is 1.86 bits per heavy atom. The predicted octanol–water partition coefficient (Wildman–Crippen LogP) is 5.58. The maximum absolute atomic E-state index is 11.8. The highest BCUT2D eigenvalue weighted by Gasteiger charge is 2.63. The number of aliphatic hydroxyl groups excluding tert-OH is 2. The van der Waals surface area contributed by atoms with E-state index in [9.17, 15) is 10.2 Å². The summed E-state index contributed by atoms with van der Waals surface area (Å²) in [5, 5.41) is 22.1. The Morgan fingerprint density at radius 3 is 2.71 bits per heavy atom. The fourth-order valence-electron chi connectivity index (χ4n) is 9.75. The van der Waals surface area contributed by atoms with Crippen molar-refractivity contribution in [2.75, 3.05) is 0 Å². The molecule has 1 unspecified atom stereocenters. The molecule has 35 heavy (non-hydrogen) atoms. The smallest absolute Gasteiger partial charge is 0.129 e. The topological polar surface area (TPSA) is 79.1 Å². The maximum Gasteiger partial charge on any atom is 0.129 e. The molecule has 5 heteroatoms. The first-order valence-electron chi connectivity index (χ1n) is 14.2. The number of rotatable bonds is 4. The molecule has 0 aliphatic heterocycles. The lowest BCUT2D eigenvalue weighted by Crippen LogP contribution is -2.58. The summed E-state index contributed by atoms with van der Waals surface area (Å²) in [6.07, 6.45) is 14.4. The molecule has 0 aromatic carbocycles. The van der Waals surface area contributed by atoms with Crippen molar-refractivity contribution >= 4 is 11.0 Å². The molecule has 0 radical (unpaired) electrons. The van der Waals surface area contributed by atoms with Gasteiger partial charge in [0.15, 0.2) is 0 Å². The van der Waals surface area contributed by atoms with Crippen LogP contribution < -0.4 is 0 Å². The van der Waals surface area contributed by atoms with Gasteiger partial charge >= 0.3 is 0 Å². The lowest BCUT2D eigenvalue weighted by molar-refractivity contribution is -0.174. The molecule has 0 saturated heterocycles. The summed E-state index contributed by atoms with van der Waals surface area (Å²) in [5.74, 6) is 4.65. The van der Waals surface area contributed by atoms with Crippen LogP contribution in [0.5, 0.6) is 0 Å². The van der Waals surface area contributed by atoms with Crippen LogP contribution in [0.1, 0.15) is 84.4 Å². The molecular formula is C30H43N3O2. The van der Waals surface area contributed by atoms with Crippen LogP contribution in [-0.2, 0) is 6.42 Å². The first kappa shape index (κ1) is 23.8. The third-order valence-electron chi connectivity index (χ3n) is 11.7. The van der Waals surface area contributed by atoms with Gasteiger partial charge in [-0.05, 0) is 116 Å². The monoisotopic (exact) mass is 477 g/mol. The Balaban J connectivity index is 1.18. The average Bonchev–Trinajstić information content (AvgIpc) is 3.22. The minimum atomic E-state index is -0.214. The zero-order chi connectivity index (χ0) is 24.4. The second kappa shape index (κ2) is 8.76. The Kier molecular flexibility index (Phi) is 5.95. The number of hydrogen-bond donors (Lipinski definition) is 2. The summed E-state index contributed by atoms with van der Waals surface area (Å²) in [4.78, 5) is 13.7. The SMILES string of the molecule is C[C@H](CCc1ncc2ncccc2n1)[C@H]1CC[C@H]2[C@@H]3CC[C@@H]4C[C@H](O)CC[C@]4(C)C3C[C@H](O)[C@]12C. The van der Waals surface area contributed by atoms with E-state index in [0.29, 0.717) is 35.0 Å². The fraction of sp³-hybridized carbons (Fsp3) is 0.767. The van der Waals surface area contributed by atoms with E-state index in [1.807, 2.05) is 18.3 Å². The minimum absolute atomic E-state index is 0.0200. The van der Waals surface area contributed by atoms with E-state index in [1.54, 1.807) is 6.20 Å². The number of aryl methyl sites for hydroxylation is 1. The van der Waals surface area contributed by atoms with Gasteiger partial charge in [-0.25, -0.2) is 9.97 Å². The number of aromatic nitrogens is 3. The molecule has 5 nitrogen and oxygen atoms in total. The van der Waals surface area contributed by atoms with Crippen molar-refractivity contribution in [3.8, 4) is 0 Å². The molecule has 0 spiro atoms. The molecule has 2 heterocycles. The first-order chi connectivity index (χ1) is 16.8. The Morgan fingerprint density at radius 1 is 1.00 bits per heavy atom. The molecule has 6 rings (SSSR count). The molecule has 4 aliphatic carbocycles.